The van der Waals surface area contributed by atoms with Crippen LogP contribution in [0.25, 0.3) is 11.5 Å². The van der Waals surface area contributed by atoms with Crippen molar-refractivity contribution in [1.29, 1.82) is 0 Å². The van der Waals surface area contributed by atoms with Gasteiger partial charge in [0.25, 0.3) is 0 Å². The van der Waals surface area contributed by atoms with E-state index in [1.807, 2.05) is 24.3 Å². The van der Waals surface area contributed by atoms with Gasteiger partial charge in [0, 0.05) is 10.5 Å². The zero-order chi connectivity index (χ0) is 13.1. The van der Waals surface area contributed by atoms with Crippen LogP contribution in [0.1, 0.15) is 23.2 Å². The molecule has 0 unspecified atom stereocenters. The van der Waals surface area contributed by atoms with E-state index >= 15 is 0 Å². The van der Waals surface area contributed by atoms with Gasteiger partial charge in [-0.15, -0.1) is 11.8 Å². The molecule has 0 bridgehead atoms. The average Bonchev–Trinajstić information content (AvgIpc) is 2.73. The molecule has 0 aliphatic heterocycles. The van der Waals surface area contributed by atoms with Crippen molar-refractivity contribution in [3.05, 3.63) is 35.7 Å². The lowest BCUT2D eigenvalue weighted by Gasteiger charge is -1.99. The number of hydrogen-bond donors (Lipinski definition) is 1. The molecular weight excluding hydrogens is 250 g/mol. The van der Waals surface area contributed by atoms with E-state index in [9.17, 15) is 4.79 Å². The van der Waals surface area contributed by atoms with E-state index in [1.54, 1.807) is 18.7 Å². The Morgan fingerprint density at radius 3 is 2.56 bits per heavy atom. The van der Waals surface area contributed by atoms with Crippen LogP contribution < -0.4 is 0 Å². The summed E-state index contributed by atoms with van der Waals surface area (Å²) in [4.78, 5) is 16.2. The molecule has 0 saturated heterocycles. The number of nitrogens with zero attached hydrogens (tertiary/aromatic N) is 1. The summed E-state index contributed by atoms with van der Waals surface area (Å²) >= 11 is 1.75. The zero-order valence-electron chi connectivity index (χ0n) is 10.1. The second-order valence-electron chi connectivity index (χ2n) is 3.70. The maximum Gasteiger partial charge on any atom is 0.373 e. The van der Waals surface area contributed by atoms with E-state index in [-0.39, 0.29) is 5.76 Å². The molecule has 2 aromatic rings. The Morgan fingerprint density at radius 2 is 2.06 bits per heavy atom. The first-order chi connectivity index (χ1) is 8.61. The van der Waals surface area contributed by atoms with Gasteiger partial charge in [-0.1, -0.05) is 6.92 Å². The summed E-state index contributed by atoms with van der Waals surface area (Å²) in [6, 6.07) is 7.72. The van der Waals surface area contributed by atoms with Gasteiger partial charge in [-0.2, -0.15) is 0 Å². The number of hydrogen-bond acceptors (Lipinski definition) is 4. The maximum atomic E-state index is 10.9. The molecule has 0 aliphatic rings. The second-order valence-corrected chi connectivity index (χ2v) is 5.03. The fourth-order valence-electron chi connectivity index (χ4n) is 1.58. The molecule has 1 aromatic heterocycles. The molecule has 0 amide bonds. The van der Waals surface area contributed by atoms with Crippen molar-refractivity contribution in [3.8, 4) is 11.5 Å². The molecule has 1 N–H and O–H groups in total. The quantitative estimate of drug-likeness (QED) is 0.856. The van der Waals surface area contributed by atoms with Crippen molar-refractivity contribution in [2.24, 2.45) is 0 Å². The van der Waals surface area contributed by atoms with E-state index in [4.69, 9.17) is 9.52 Å². The van der Waals surface area contributed by atoms with Gasteiger partial charge in [-0.3, -0.25) is 0 Å². The molecule has 1 aromatic carbocycles. The predicted octanol–water partition coefficient (Wildman–Crippen LogP) is 3.46. The number of carboxylic acid groups (broad SMARTS) is 1. The Labute approximate surface area is 109 Å². The van der Waals surface area contributed by atoms with Crippen LogP contribution in [-0.2, 0) is 0 Å². The Morgan fingerprint density at radius 1 is 1.39 bits per heavy atom. The van der Waals surface area contributed by atoms with Crippen molar-refractivity contribution >= 4 is 17.7 Å². The van der Waals surface area contributed by atoms with Crippen molar-refractivity contribution in [3.63, 3.8) is 0 Å². The zero-order valence-corrected chi connectivity index (χ0v) is 11.0. The highest BCUT2D eigenvalue weighted by atomic mass is 32.2. The fraction of sp³-hybridized carbons (Fsp3) is 0.231. The minimum absolute atomic E-state index is 0.1000. The number of rotatable bonds is 4. The number of carboxylic acids is 1. The number of aromatic carboxylic acids is 1. The molecule has 0 radical (unpaired) electrons. The maximum absolute atomic E-state index is 10.9. The highest BCUT2D eigenvalue weighted by Gasteiger charge is 2.16. The Balaban J connectivity index is 2.31. The summed E-state index contributed by atoms with van der Waals surface area (Å²) in [5, 5.41) is 8.90. The predicted molar refractivity (Wildman–Crippen MR) is 70.0 cm³/mol. The van der Waals surface area contributed by atoms with Crippen molar-refractivity contribution in [1.82, 2.24) is 4.98 Å². The van der Waals surface area contributed by atoms with Crippen LogP contribution in [0.5, 0.6) is 0 Å². The van der Waals surface area contributed by atoms with Gasteiger partial charge >= 0.3 is 5.97 Å². The Hall–Kier alpha value is -1.75. The van der Waals surface area contributed by atoms with Gasteiger partial charge in [0.1, 0.15) is 0 Å². The van der Waals surface area contributed by atoms with Crippen LogP contribution in [0.4, 0.5) is 0 Å². The third-order valence-corrected chi connectivity index (χ3v) is 3.30. The second kappa shape index (κ2) is 5.27. The Kier molecular flexibility index (Phi) is 3.72. The van der Waals surface area contributed by atoms with E-state index in [0.29, 0.717) is 11.6 Å². The topological polar surface area (TPSA) is 63.3 Å². The summed E-state index contributed by atoms with van der Waals surface area (Å²) in [5.41, 5.74) is 1.18. The minimum atomic E-state index is -1.09. The molecule has 1 heterocycles. The first kappa shape index (κ1) is 12.7. The largest absolute Gasteiger partial charge is 0.475 e. The van der Waals surface area contributed by atoms with Crippen LogP contribution in [0.2, 0.25) is 0 Å². The fourth-order valence-corrected chi connectivity index (χ4v) is 2.24. The third-order valence-electron chi connectivity index (χ3n) is 2.40. The van der Waals surface area contributed by atoms with E-state index < -0.39 is 5.97 Å². The smallest absolute Gasteiger partial charge is 0.373 e. The number of aromatic nitrogens is 1. The van der Waals surface area contributed by atoms with Crippen LogP contribution in [0, 0.1) is 6.92 Å². The molecule has 0 saturated carbocycles. The van der Waals surface area contributed by atoms with Crippen LogP contribution >= 0.6 is 11.8 Å². The summed E-state index contributed by atoms with van der Waals surface area (Å²) in [5.74, 6) is 0.167. The molecule has 0 aliphatic carbocycles. The molecule has 94 valence electrons. The monoisotopic (exact) mass is 263 g/mol. The third kappa shape index (κ3) is 2.56. The van der Waals surface area contributed by atoms with E-state index in [2.05, 4.69) is 11.9 Å². The van der Waals surface area contributed by atoms with Gasteiger partial charge < -0.3 is 9.52 Å². The summed E-state index contributed by atoms with van der Waals surface area (Å²) in [7, 11) is 0. The molecule has 5 heteroatoms. The molecule has 18 heavy (non-hydrogen) atoms. The first-order valence-corrected chi connectivity index (χ1v) is 6.54. The van der Waals surface area contributed by atoms with Crippen molar-refractivity contribution in [2.75, 3.05) is 5.75 Å². The van der Waals surface area contributed by atoms with Crippen LogP contribution in [-0.4, -0.2) is 21.8 Å². The van der Waals surface area contributed by atoms with Crippen LogP contribution in [0.15, 0.2) is 33.6 Å². The van der Waals surface area contributed by atoms with Gasteiger partial charge in [0.05, 0.1) is 5.69 Å². The van der Waals surface area contributed by atoms with Crippen LogP contribution in [0.3, 0.4) is 0 Å². The number of aryl methyl sites for hydroxylation is 1. The van der Waals surface area contributed by atoms with Gasteiger partial charge in [0.2, 0.25) is 11.7 Å². The summed E-state index contributed by atoms with van der Waals surface area (Å²) < 4.78 is 5.24. The number of oxazole rings is 1. The lowest BCUT2D eigenvalue weighted by atomic mass is 10.2. The van der Waals surface area contributed by atoms with Crippen molar-refractivity contribution in [2.45, 2.75) is 18.7 Å². The summed E-state index contributed by atoms with van der Waals surface area (Å²) in [6.07, 6.45) is 0. The standard InChI is InChI=1S/C13H13NO3S/c1-3-18-10-6-4-9(5-7-10)12-14-8(2)11(17-12)13(15)16/h4-7H,3H2,1-2H3,(H,15,16). The van der Waals surface area contributed by atoms with Crippen molar-refractivity contribution < 1.29 is 14.3 Å². The SMILES string of the molecule is CCSc1ccc(-c2nc(C)c(C(=O)O)o2)cc1. The highest BCUT2D eigenvalue weighted by molar-refractivity contribution is 7.99. The van der Waals surface area contributed by atoms with E-state index in [1.165, 1.54) is 4.90 Å². The lowest BCUT2D eigenvalue weighted by molar-refractivity contribution is 0.0662. The lowest BCUT2D eigenvalue weighted by Crippen LogP contribution is -1.95. The first-order valence-electron chi connectivity index (χ1n) is 5.55. The van der Waals surface area contributed by atoms with Gasteiger partial charge in [0.15, 0.2) is 0 Å². The van der Waals surface area contributed by atoms with Gasteiger partial charge in [-0.05, 0) is 36.9 Å². The minimum Gasteiger partial charge on any atom is -0.475 e. The molecule has 4 nitrogen and oxygen atoms in total. The molecule has 0 fully saturated rings. The highest BCUT2D eigenvalue weighted by Crippen LogP contribution is 2.25. The molecule has 2 rings (SSSR count). The number of thioether (sulfide) groups is 1. The number of benzene rings is 1. The average molecular weight is 263 g/mol. The molecule has 0 spiro atoms. The Bertz CT molecular complexity index is 560. The normalized spacial score (nSPS) is 10.6. The molecule has 0 atom stereocenters. The molecular formula is C13H13NO3S. The summed E-state index contributed by atoms with van der Waals surface area (Å²) in [6.45, 7) is 3.72. The number of carbonyl (C=O) groups is 1. The van der Waals surface area contributed by atoms with E-state index in [0.717, 1.165) is 11.3 Å². The van der Waals surface area contributed by atoms with Gasteiger partial charge in [-0.25, -0.2) is 9.78 Å².